The first-order valence-corrected chi connectivity index (χ1v) is 6.95. The second-order valence-electron chi connectivity index (χ2n) is 4.31. The first kappa shape index (κ1) is 13.8. The van der Waals surface area contributed by atoms with Crippen LogP contribution >= 0.6 is 12.6 Å². The van der Waals surface area contributed by atoms with Crippen molar-refractivity contribution in [2.45, 2.75) is 51.0 Å². The molecule has 1 rings (SSSR count). The van der Waals surface area contributed by atoms with Crippen molar-refractivity contribution in [1.82, 2.24) is 5.32 Å². The quantitative estimate of drug-likeness (QED) is 0.508. The van der Waals surface area contributed by atoms with Gasteiger partial charge in [-0.25, -0.2) is 0 Å². The first-order chi connectivity index (χ1) is 7.83. The zero-order valence-corrected chi connectivity index (χ0v) is 10.8. The molecule has 1 aliphatic rings. The Bertz CT molecular complexity index is 193. The molecule has 0 heterocycles. The fourth-order valence-electron chi connectivity index (χ4n) is 1.93. The molecule has 0 aromatic rings. The van der Waals surface area contributed by atoms with Crippen LogP contribution in [-0.4, -0.2) is 30.9 Å². The second-order valence-corrected chi connectivity index (χ2v) is 4.76. The lowest BCUT2D eigenvalue weighted by atomic mass is 10.3. The molecule has 94 valence electrons. The lowest BCUT2D eigenvalue weighted by molar-refractivity contribution is -0.121. The van der Waals surface area contributed by atoms with Gasteiger partial charge >= 0.3 is 0 Å². The summed E-state index contributed by atoms with van der Waals surface area (Å²) in [6, 6.07) is 0. The van der Waals surface area contributed by atoms with Crippen molar-refractivity contribution < 1.29 is 9.53 Å². The average Bonchev–Trinajstić information content (AvgIpc) is 2.79. The van der Waals surface area contributed by atoms with Crippen molar-refractivity contribution in [3.63, 3.8) is 0 Å². The number of rotatable bonds is 8. The van der Waals surface area contributed by atoms with Gasteiger partial charge in [-0.3, -0.25) is 4.79 Å². The fraction of sp³-hybridized carbons (Fsp3) is 0.917. The Morgan fingerprint density at radius 3 is 2.75 bits per heavy atom. The van der Waals surface area contributed by atoms with Gasteiger partial charge in [-0.15, -0.1) is 0 Å². The molecule has 1 amide bonds. The molecule has 1 N–H and O–H groups in total. The zero-order valence-electron chi connectivity index (χ0n) is 9.91. The van der Waals surface area contributed by atoms with Crippen molar-refractivity contribution >= 4 is 18.5 Å². The van der Waals surface area contributed by atoms with E-state index in [-0.39, 0.29) is 5.91 Å². The highest BCUT2D eigenvalue weighted by Gasteiger charge is 2.14. The summed E-state index contributed by atoms with van der Waals surface area (Å²) in [6.07, 6.45) is 7.91. The fourth-order valence-corrected chi connectivity index (χ4v) is 2.09. The summed E-state index contributed by atoms with van der Waals surface area (Å²) in [5, 5.41) is 2.89. The van der Waals surface area contributed by atoms with Crippen LogP contribution in [0.4, 0.5) is 0 Å². The van der Waals surface area contributed by atoms with E-state index in [2.05, 4.69) is 17.9 Å². The molecule has 3 nitrogen and oxygen atoms in total. The summed E-state index contributed by atoms with van der Waals surface area (Å²) in [4.78, 5) is 11.2. The molecular weight excluding hydrogens is 222 g/mol. The zero-order chi connectivity index (χ0) is 11.6. The summed E-state index contributed by atoms with van der Waals surface area (Å²) in [7, 11) is 0. The topological polar surface area (TPSA) is 38.3 Å². The summed E-state index contributed by atoms with van der Waals surface area (Å²) >= 11 is 4.07. The van der Waals surface area contributed by atoms with Crippen LogP contribution in [-0.2, 0) is 9.53 Å². The van der Waals surface area contributed by atoms with E-state index in [1.165, 1.54) is 25.7 Å². The van der Waals surface area contributed by atoms with Gasteiger partial charge in [-0.05, 0) is 31.4 Å². The lowest BCUT2D eigenvalue weighted by Gasteiger charge is -2.11. The second kappa shape index (κ2) is 8.88. The number of hydrogen-bond donors (Lipinski definition) is 2. The molecule has 0 atom stereocenters. The maximum atomic E-state index is 11.2. The predicted molar refractivity (Wildman–Crippen MR) is 68.9 cm³/mol. The minimum absolute atomic E-state index is 0.134. The highest BCUT2D eigenvalue weighted by molar-refractivity contribution is 7.80. The number of hydrogen-bond acceptors (Lipinski definition) is 3. The van der Waals surface area contributed by atoms with Gasteiger partial charge in [0.05, 0.1) is 6.10 Å². The van der Waals surface area contributed by atoms with Gasteiger partial charge in [0.2, 0.25) is 5.91 Å². The Labute approximate surface area is 104 Å². The number of carbonyl (C=O) groups excluding carboxylic acids is 1. The molecule has 1 fully saturated rings. The number of thiol groups is 1. The molecule has 0 aromatic heterocycles. The first-order valence-electron chi connectivity index (χ1n) is 6.32. The largest absolute Gasteiger partial charge is 0.378 e. The molecule has 0 bridgehead atoms. The number of ether oxygens (including phenoxy) is 1. The van der Waals surface area contributed by atoms with Crippen molar-refractivity contribution in [3.8, 4) is 0 Å². The van der Waals surface area contributed by atoms with E-state index in [1.807, 2.05) is 0 Å². The summed E-state index contributed by atoms with van der Waals surface area (Å²) in [5.41, 5.74) is 0. The molecule has 0 aromatic carbocycles. The molecular formula is C12H23NO2S. The van der Waals surface area contributed by atoms with Crippen LogP contribution in [0, 0.1) is 0 Å². The molecule has 0 radical (unpaired) electrons. The monoisotopic (exact) mass is 245 g/mol. The maximum Gasteiger partial charge on any atom is 0.220 e. The molecule has 0 aliphatic heterocycles. The Balaban J connectivity index is 1.85. The lowest BCUT2D eigenvalue weighted by Crippen LogP contribution is -2.25. The molecule has 1 saturated carbocycles. The minimum atomic E-state index is 0.134. The van der Waals surface area contributed by atoms with Crippen molar-refractivity contribution in [1.29, 1.82) is 0 Å². The number of nitrogens with one attached hydrogen (secondary N) is 1. The maximum absolute atomic E-state index is 11.2. The number of carbonyl (C=O) groups is 1. The SMILES string of the molecule is O=C(CCCS)NCCCOC1CCCC1. The molecule has 0 spiro atoms. The molecule has 1 aliphatic carbocycles. The van der Waals surface area contributed by atoms with Crippen molar-refractivity contribution in [2.75, 3.05) is 18.9 Å². The van der Waals surface area contributed by atoms with Crippen LogP contribution in [0.15, 0.2) is 0 Å². The normalized spacial score (nSPS) is 16.6. The van der Waals surface area contributed by atoms with E-state index in [9.17, 15) is 4.79 Å². The van der Waals surface area contributed by atoms with Gasteiger partial charge in [0, 0.05) is 19.6 Å². The molecule has 0 saturated heterocycles. The van der Waals surface area contributed by atoms with E-state index < -0.39 is 0 Å². The third kappa shape index (κ3) is 6.38. The smallest absolute Gasteiger partial charge is 0.220 e. The van der Waals surface area contributed by atoms with Gasteiger partial charge in [0.1, 0.15) is 0 Å². The molecule has 4 heteroatoms. The summed E-state index contributed by atoms with van der Waals surface area (Å²) < 4.78 is 5.70. The highest BCUT2D eigenvalue weighted by atomic mass is 32.1. The Morgan fingerprint density at radius 1 is 1.31 bits per heavy atom. The molecule has 16 heavy (non-hydrogen) atoms. The van der Waals surface area contributed by atoms with Gasteiger partial charge in [-0.2, -0.15) is 12.6 Å². The van der Waals surface area contributed by atoms with Gasteiger partial charge in [0.15, 0.2) is 0 Å². The van der Waals surface area contributed by atoms with Gasteiger partial charge < -0.3 is 10.1 Å². The minimum Gasteiger partial charge on any atom is -0.378 e. The van der Waals surface area contributed by atoms with E-state index in [4.69, 9.17) is 4.74 Å². The average molecular weight is 245 g/mol. The Kier molecular flexibility index (Phi) is 7.68. The van der Waals surface area contributed by atoms with Crippen LogP contribution in [0.2, 0.25) is 0 Å². The van der Waals surface area contributed by atoms with Crippen LogP contribution in [0.1, 0.15) is 44.9 Å². The van der Waals surface area contributed by atoms with Crippen molar-refractivity contribution in [2.24, 2.45) is 0 Å². The van der Waals surface area contributed by atoms with Gasteiger partial charge in [-0.1, -0.05) is 12.8 Å². The molecule has 0 unspecified atom stereocenters. The van der Waals surface area contributed by atoms with Crippen LogP contribution in [0.25, 0.3) is 0 Å². The van der Waals surface area contributed by atoms with E-state index in [0.29, 0.717) is 12.5 Å². The van der Waals surface area contributed by atoms with Crippen LogP contribution in [0.5, 0.6) is 0 Å². The van der Waals surface area contributed by atoms with E-state index in [1.54, 1.807) is 0 Å². The van der Waals surface area contributed by atoms with Gasteiger partial charge in [0.25, 0.3) is 0 Å². The summed E-state index contributed by atoms with van der Waals surface area (Å²) in [6.45, 7) is 1.51. The predicted octanol–water partition coefficient (Wildman–Crippen LogP) is 2.16. The van der Waals surface area contributed by atoms with Crippen molar-refractivity contribution in [3.05, 3.63) is 0 Å². The van der Waals surface area contributed by atoms with E-state index in [0.717, 1.165) is 31.7 Å². The third-order valence-corrected chi connectivity index (χ3v) is 3.18. The standard InChI is InChI=1S/C12H23NO2S/c14-12(7-3-10-16)13-8-4-9-15-11-5-1-2-6-11/h11,16H,1-10H2,(H,13,14). The van der Waals surface area contributed by atoms with E-state index >= 15 is 0 Å². The van der Waals surface area contributed by atoms with Crippen LogP contribution < -0.4 is 5.32 Å². The van der Waals surface area contributed by atoms with Crippen LogP contribution in [0.3, 0.4) is 0 Å². The Hall–Kier alpha value is -0.220. The highest BCUT2D eigenvalue weighted by Crippen LogP contribution is 2.20. The number of amides is 1. The summed E-state index contributed by atoms with van der Waals surface area (Å²) in [5.74, 6) is 0.910. The third-order valence-electron chi connectivity index (χ3n) is 2.86. The Morgan fingerprint density at radius 2 is 2.06 bits per heavy atom.